The molecule has 0 bridgehead atoms. The predicted molar refractivity (Wildman–Crippen MR) is 116 cm³/mol. The monoisotopic (exact) mass is 452 g/mol. The summed E-state index contributed by atoms with van der Waals surface area (Å²) in [7, 11) is 0. The summed E-state index contributed by atoms with van der Waals surface area (Å²) in [4.78, 5) is 12.0. The zero-order valence-corrected chi connectivity index (χ0v) is 17.3. The number of carbonyl (C=O) groups excluding carboxylic acids is 1. The molecule has 0 spiro atoms. The average Bonchev–Trinajstić information content (AvgIpc) is 2.70. The van der Waals surface area contributed by atoms with Gasteiger partial charge in [-0.15, -0.1) is 0 Å². The number of rotatable bonds is 7. The number of ether oxygens (including phenoxy) is 1. The number of carbonyl (C=O) groups is 1. The molecular formula is C21H16Cl3FN2O2. The summed E-state index contributed by atoms with van der Waals surface area (Å²) in [5.41, 5.74) is 2.19. The van der Waals surface area contributed by atoms with E-state index >= 15 is 0 Å². The molecule has 3 aromatic carbocycles. The van der Waals surface area contributed by atoms with Gasteiger partial charge >= 0.3 is 0 Å². The van der Waals surface area contributed by atoms with E-state index in [9.17, 15) is 9.18 Å². The molecule has 0 radical (unpaired) electrons. The molecule has 3 rings (SSSR count). The predicted octanol–water partition coefficient (Wildman–Crippen LogP) is 6.42. The lowest BCUT2D eigenvalue weighted by Crippen LogP contribution is -2.20. The van der Waals surface area contributed by atoms with Crippen LogP contribution in [0.2, 0.25) is 15.1 Å². The topological polar surface area (TPSA) is 50.4 Å². The smallest absolute Gasteiger partial charge is 0.262 e. The van der Waals surface area contributed by atoms with E-state index in [-0.39, 0.29) is 17.5 Å². The minimum atomic E-state index is -0.470. The Morgan fingerprint density at radius 1 is 0.897 bits per heavy atom. The molecule has 29 heavy (non-hydrogen) atoms. The molecule has 0 atom stereocenters. The maximum Gasteiger partial charge on any atom is 0.262 e. The van der Waals surface area contributed by atoms with Crippen molar-refractivity contribution in [3.63, 3.8) is 0 Å². The summed E-state index contributed by atoms with van der Waals surface area (Å²) >= 11 is 17.8. The molecule has 0 aromatic heterocycles. The molecule has 3 aromatic rings. The second kappa shape index (κ2) is 9.83. The van der Waals surface area contributed by atoms with Crippen molar-refractivity contribution in [2.75, 3.05) is 17.2 Å². The first-order valence-electron chi connectivity index (χ1n) is 8.56. The van der Waals surface area contributed by atoms with Gasteiger partial charge in [-0.2, -0.15) is 0 Å². The normalized spacial score (nSPS) is 10.5. The van der Waals surface area contributed by atoms with Gasteiger partial charge in [-0.3, -0.25) is 4.79 Å². The van der Waals surface area contributed by atoms with Crippen molar-refractivity contribution in [1.82, 2.24) is 0 Å². The maximum absolute atomic E-state index is 13.2. The van der Waals surface area contributed by atoms with Gasteiger partial charge in [-0.05, 0) is 60.2 Å². The Labute approximate surface area is 182 Å². The van der Waals surface area contributed by atoms with E-state index in [0.717, 1.165) is 5.56 Å². The van der Waals surface area contributed by atoms with Crippen LogP contribution in [0.5, 0.6) is 5.75 Å². The number of benzene rings is 3. The molecular weight excluding hydrogens is 438 g/mol. The summed E-state index contributed by atoms with van der Waals surface area (Å²) < 4.78 is 18.7. The average molecular weight is 454 g/mol. The highest BCUT2D eigenvalue weighted by molar-refractivity contribution is 6.32. The Bertz CT molecular complexity index is 1010. The molecule has 1 amide bonds. The van der Waals surface area contributed by atoms with E-state index in [1.807, 2.05) is 6.07 Å². The van der Waals surface area contributed by atoms with Crippen molar-refractivity contribution >= 4 is 52.1 Å². The summed E-state index contributed by atoms with van der Waals surface area (Å²) in [6.07, 6.45) is 0. The van der Waals surface area contributed by atoms with Gasteiger partial charge in [0, 0.05) is 22.9 Å². The fourth-order valence-electron chi connectivity index (χ4n) is 2.46. The summed E-state index contributed by atoms with van der Waals surface area (Å²) in [5, 5.41) is 6.85. The van der Waals surface area contributed by atoms with E-state index in [4.69, 9.17) is 39.5 Å². The highest BCUT2D eigenvalue weighted by Gasteiger charge is 2.08. The van der Waals surface area contributed by atoms with Gasteiger partial charge in [0.15, 0.2) is 6.61 Å². The number of hydrogen-bond acceptors (Lipinski definition) is 3. The Balaban J connectivity index is 1.52. The lowest BCUT2D eigenvalue weighted by Gasteiger charge is -2.11. The summed E-state index contributed by atoms with van der Waals surface area (Å²) in [6, 6.07) is 16.4. The minimum Gasteiger partial charge on any atom is -0.482 e. The fourth-order valence-corrected chi connectivity index (χ4v) is 3.02. The number of hydrogen-bond donors (Lipinski definition) is 2. The second-order valence-electron chi connectivity index (χ2n) is 6.09. The lowest BCUT2D eigenvalue weighted by atomic mass is 10.2. The third-order valence-corrected chi connectivity index (χ3v) is 4.74. The molecule has 0 saturated carbocycles. The third-order valence-electron chi connectivity index (χ3n) is 3.90. The van der Waals surface area contributed by atoms with Crippen LogP contribution in [0.25, 0.3) is 0 Å². The van der Waals surface area contributed by atoms with Crippen molar-refractivity contribution in [1.29, 1.82) is 0 Å². The van der Waals surface area contributed by atoms with Crippen LogP contribution in [0, 0.1) is 5.82 Å². The standard InChI is InChI=1S/C21H16Cl3FN2O2/c22-14-2-4-15(5-3-14)27-21(28)12-29-20-8-1-13(9-18(20)24)11-26-16-6-7-19(25)17(23)10-16/h1-10,26H,11-12H2,(H,27,28). The molecule has 8 heteroatoms. The molecule has 0 heterocycles. The van der Waals surface area contributed by atoms with Crippen LogP contribution in [0.15, 0.2) is 60.7 Å². The van der Waals surface area contributed by atoms with Crippen molar-refractivity contribution in [2.45, 2.75) is 6.54 Å². The van der Waals surface area contributed by atoms with Crippen molar-refractivity contribution in [2.24, 2.45) is 0 Å². The van der Waals surface area contributed by atoms with E-state index < -0.39 is 5.82 Å². The zero-order valence-electron chi connectivity index (χ0n) is 15.0. The van der Waals surface area contributed by atoms with Crippen molar-refractivity contribution in [3.8, 4) is 5.75 Å². The Morgan fingerprint density at radius 2 is 1.62 bits per heavy atom. The van der Waals surface area contributed by atoms with E-state index in [2.05, 4.69) is 10.6 Å². The number of halogens is 4. The molecule has 0 unspecified atom stereocenters. The van der Waals surface area contributed by atoms with Crippen molar-refractivity contribution in [3.05, 3.63) is 87.1 Å². The molecule has 0 aliphatic carbocycles. The molecule has 0 aliphatic rings. The number of amides is 1. The molecule has 0 saturated heterocycles. The van der Waals surface area contributed by atoms with E-state index in [1.54, 1.807) is 42.5 Å². The van der Waals surface area contributed by atoms with Gasteiger partial charge in [-0.1, -0.05) is 40.9 Å². The maximum atomic E-state index is 13.2. The third kappa shape index (κ3) is 6.26. The van der Waals surface area contributed by atoms with Gasteiger partial charge in [0.05, 0.1) is 10.0 Å². The van der Waals surface area contributed by atoms with Crippen LogP contribution in [-0.4, -0.2) is 12.5 Å². The van der Waals surface area contributed by atoms with Crippen LogP contribution in [0.4, 0.5) is 15.8 Å². The van der Waals surface area contributed by atoms with Crippen LogP contribution < -0.4 is 15.4 Å². The fraction of sp³-hybridized carbons (Fsp3) is 0.0952. The second-order valence-corrected chi connectivity index (χ2v) is 7.34. The molecule has 4 nitrogen and oxygen atoms in total. The van der Waals surface area contributed by atoms with Crippen LogP contribution in [-0.2, 0) is 11.3 Å². The molecule has 2 N–H and O–H groups in total. The summed E-state index contributed by atoms with van der Waals surface area (Å²) in [5.74, 6) is -0.393. The minimum absolute atomic E-state index is 0.0497. The SMILES string of the molecule is O=C(COc1ccc(CNc2ccc(F)c(Cl)c2)cc1Cl)Nc1ccc(Cl)cc1. The summed E-state index contributed by atoms with van der Waals surface area (Å²) in [6.45, 7) is 0.271. The highest BCUT2D eigenvalue weighted by atomic mass is 35.5. The van der Waals surface area contributed by atoms with Gasteiger partial charge in [0.25, 0.3) is 5.91 Å². The number of anilines is 2. The first-order chi connectivity index (χ1) is 13.9. The Hall–Kier alpha value is -2.47. The van der Waals surface area contributed by atoms with Crippen molar-refractivity contribution < 1.29 is 13.9 Å². The first kappa shape index (κ1) is 21.2. The number of nitrogens with one attached hydrogen (secondary N) is 2. The van der Waals surface area contributed by atoms with E-state index in [1.165, 1.54) is 12.1 Å². The highest BCUT2D eigenvalue weighted by Crippen LogP contribution is 2.26. The largest absolute Gasteiger partial charge is 0.482 e. The zero-order chi connectivity index (χ0) is 20.8. The van der Waals surface area contributed by atoms with Gasteiger partial charge < -0.3 is 15.4 Å². The Kier molecular flexibility index (Phi) is 7.20. The molecule has 0 fully saturated rings. The van der Waals surface area contributed by atoms with Crippen LogP contribution in [0.3, 0.4) is 0 Å². The van der Waals surface area contributed by atoms with E-state index in [0.29, 0.717) is 33.7 Å². The molecule has 150 valence electrons. The van der Waals surface area contributed by atoms with Crippen LogP contribution >= 0.6 is 34.8 Å². The van der Waals surface area contributed by atoms with Gasteiger partial charge in [-0.25, -0.2) is 4.39 Å². The first-order valence-corrected chi connectivity index (χ1v) is 9.69. The molecule has 0 aliphatic heterocycles. The van der Waals surface area contributed by atoms with Gasteiger partial charge in [0.1, 0.15) is 11.6 Å². The van der Waals surface area contributed by atoms with Gasteiger partial charge in [0.2, 0.25) is 0 Å². The quantitative estimate of drug-likeness (QED) is 0.434. The van der Waals surface area contributed by atoms with Crippen LogP contribution in [0.1, 0.15) is 5.56 Å². The Morgan fingerprint density at radius 3 is 2.31 bits per heavy atom. The lowest BCUT2D eigenvalue weighted by molar-refractivity contribution is -0.118.